The van der Waals surface area contributed by atoms with E-state index in [4.69, 9.17) is 0 Å². The van der Waals surface area contributed by atoms with Crippen LogP contribution in [0.4, 0.5) is 0 Å². The van der Waals surface area contributed by atoms with E-state index in [1.165, 1.54) is 28.2 Å². The summed E-state index contributed by atoms with van der Waals surface area (Å²) < 4.78 is 27.8. The first-order chi connectivity index (χ1) is 10.4. The van der Waals surface area contributed by atoms with Crippen LogP contribution in [-0.2, 0) is 17.1 Å². The molecule has 1 fully saturated rings. The van der Waals surface area contributed by atoms with Gasteiger partial charge in [-0.25, -0.2) is 18.2 Å². The number of nitrogens with one attached hydrogen (secondary N) is 1. The lowest BCUT2D eigenvalue weighted by molar-refractivity contribution is 0.346. The van der Waals surface area contributed by atoms with Gasteiger partial charge in [0.1, 0.15) is 10.5 Å². The fourth-order valence-corrected chi connectivity index (χ4v) is 4.10. The molecule has 3 rings (SSSR count). The average Bonchev–Trinajstić information content (AvgIpc) is 2.53. The highest BCUT2D eigenvalue weighted by atomic mass is 32.2. The largest absolute Gasteiger partial charge is 0.329 e. The molecular weight excluding hydrogens is 308 g/mol. The molecule has 8 nitrogen and oxygen atoms in total. The van der Waals surface area contributed by atoms with Crippen molar-refractivity contribution in [2.24, 2.45) is 7.05 Å². The molecular formula is C13H16N4O4S. The minimum atomic E-state index is -3.66. The average molecular weight is 324 g/mol. The van der Waals surface area contributed by atoms with E-state index in [0.29, 0.717) is 13.1 Å². The molecule has 0 bridgehead atoms. The number of H-pyrrole nitrogens is 1. The Labute approximate surface area is 126 Å². The molecule has 3 heterocycles. The molecule has 9 heteroatoms. The first-order valence-corrected chi connectivity index (χ1v) is 8.44. The maximum atomic E-state index is 12.6. The molecule has 0 atom stereocenters. The third-order valence-electron chi connectivity index (χ3n) is 3.88. The number of pyridine rings is 1. The quantitative estimate of drug-likeness (QED) is 0.823. The summed E-state index contributed by atoms with van der Waals surface area (Å²) in [6.07, 6.45) is 3.87. The van der Waals surface area contributed by atoms with Crippen LogP contribution in [0.3, 0.4) is 0 Å². The van der Waals surface area contributed by atoms with Crippen LogP contribution in [0.2, 0.25) is 0 Å². The zero-order valence-corrected chi connectivity index (χ0v) is 12.9. The van der Waals surface area contributed by atoms with Gasteiger partial charge >= 0.3 is 5.69 Å². The van der Waals surface area contributed by atoms with Crippen LogP contribution in [-0.4, -0.2) is 40.3 Å². The molecule has 1 aliphatic heterocycles. The van der Waals surface area contributed by atoms with E-state index in [9.17, 15) is 18.0 Å². The van der Waals surface area contributed by atoms with E-state index < -0.39 is 21.3 Å². The second kappa shape index (κ2) is 5.33. The smallest absolute Gasteiger partial charge is 0.281 e. The van der Waals surface area contributed by atoms with Crippen LogP contribution in [0.15, 0.2) is 26.7 Å². The van der Waals surface area contributed by atoms with Crippen molar-refractivity contribution in [3.05, 3.63) is 33.1 Å². The third kappa shape index (κ3) is 2.35. The van der Waals surface area contributed by atoms with E-state index in [1.54, 1.807) is 0 Å². The Bertz CT molecular complexity index is 939. The van der Waals surface area contributed by atoms with Crippen molar-refractivity contribution >= 4 is 21.1 Å². The van der Waals surface area contributed by atoms with Crippen LogP contribution < -0.4 is 11.2 Å². The van der Waals surface area contributed by atoms with Crippen molar-refractivity contribution in [1.82, 2.24) is 18.8 Å². The van der Waals surface area contributed by atoms with Gasteiger partial charge in [0, 0.05) is 26.3 Å². The normalized spacial score (nSPS) is 17.0. The Hall–Kier alpha value is -2.00. The molecule has 1 N–H and O–H groups in total. The van der Waals surface area contributed by atoms with Crippen molar-refractivity contribution in [2.45, 2.75) is 24.2 Å². The molecule has 0 spiro atoms. The Balaban J connectivity index is 2.17. The lowest BCUT2D eigenvalue weighted by atomic mass is 10.2. The summed E-state index contributed by atoms with van der Waals surface area (Å²) in [5.41, 5.74) is -1.07. The number of aromatic nitrogens is 3. The standard InChI is InChI=1S/C13H16N4O4S/c1-16-11-10(12(18)15-13(16)19)7-9(8-14-11)22(20,21)17-5-3-2-4-6-17/h7-8H,2-6H2,1H3,(H,15,18,19). The summed E-state index contributed by atoms with van der Waals surface area (Å²) in [4.78, 5) is 29.5. The van der Waals surface area contributed by atoms with Crippen LogP contribution in [0, 0.1) is 0 Å². The minimum Gasteiger partial charge on any atom is -0.281 e. The van der Waals surface area contributed by atoms with E-state index in [0.717, 1.165) is 19.3 Å². The summed E-state index contributed by atoms with van der Waals surface area (Å²) >= 11 is 0. The van der Waals surface area contributed by atoms with Gasteiger partial charge in [-0.15, -0.1) is 0 Å². The maximum Gasteiger partial charge on any atom is 0.329 e. The highest BCUT2D eigenvalue weighted by Gasteiger charge is 2.26. The number of hydrogen-bond acceptors (Lipinski definition) is 5. The number of fused-ring (bicyclic) bond motifs is 1. The molecule has 0 amide bonds. The zero-order chi connectivity index (χ0) is 15.9. The first kappa shape index (κ1) is 14.9. The summed E-state index contributed by atoms with van der Waals surface area (Å²) in [7, 11) is -2.20. The second-order valence-corrected chi connectivity index (χ2v) is 7.26. The number of nitrogens with zero attached hydrogens (tertiary/aromatic N) is 3. The SMILES string of the molecule is Cn1c(=O)[nH]c(=O)c2cc(S(=O)(=O)N3CCCCC3)cnc21. The maximum absolute atomic E-state index is 12.6. The lowest BCUT2D eigenvalue weighted by Gasteiger charge is -2.25. The van der Waals surface area contributed by atoms with E-state index in [-0.39, 0.29) is 15.9 Å². The molecule has 22 heavy (non-hydrogen) atoms. The van der Waals surface area contributed by atoms with Crippen molar-refractivity contribution in [3.8, 4) is 0 Å². The molecule has 0 aromatic carbocycles. The first-order valence-electron chi connectivity index (χ1n) is 7.00. The van der Waals surface area contributed by atoms with Gasteiger partial charge in [0.05, 0.1) is 5.39 Å². The van der Waals surface area contributed by atoms with Gasteiger partial charge in [0.15, 0.2) is 0 Å². The lowest BCUT2D eigenvalue weighted by Crippen LogP contribution is -2.36. The summed E-state index contributed by atoms with van der Waals surface area (Å²) in [6.45, 7) is 0.952. The topological polar surface area (TPSA) is 105 Å². The van der Waals surface area contributed by atoms with Crippen molar-refractivity contribution in [2.75, 3.05) is 13.1 Å². The molecule has 1 aliphatic rings. The molecule has 0 aliphatic carbocycles. The van der Waals surface area contributed by atoms with Gasteiger partial charge in [0.25, 0.3) is 5.56 Å². The Kier molecular flexibility index (Phi) is 3.61. The van der Waals surface area contributed by atoms with E-state index >= 15 is 0 Å². The van der Waals surface area contributed by atoms with E-state index in [2.05, 4.69) is 9.97 Å². The Morgan fingerprint density at radius 2 is 1.86 bits per heavy atom. The highest BCUT2D eigenvalue weighted by Crippen LogP contribution is 2.21. The number of hydrogen-bond donors (Lipinski definition) is 1. The summed E-state index contributed by atoms with van der Waals surface area (Å²) in [5, 5.41) is 0.0835. The van der Waals surface area contributed by atoms with Crippen molar-refractivity contribution < 1.29 is 8.42 Å². The van der Waals surface area contributed by atoms with Gasteiger partial charge in [-0.05, 0) is 18.9 Å². The van der Waals surface area contributed by atoms with Crippen LogP contribution >= 0.6 is 0 Å². The monoisotopic (exact) mass is 324 g/mol. The molecule has 0 unspecified atom stereocenters. The minimum absolute atomic E-state index is 0.0222. The number of sulfonamides is 1. The van der Waals surface area contributed by atoms with Gasteiger partial charge in [0.2, 0.25) is 10.0 Å². The van der Waals surface area contributed by atoms with Crippen LogP contribution in [0.1, 0.15) is 19.3 Å². The molecule has 118 valence electrons. The van der Waals surface area contributed by atoms with Gasteiger partial charge in [-0.3, -0.25) is 14.3 Å². The number of piperidine rings is 1. The predicted molar refractivity (Wildman–Crippen MR) is 80.2 cm³/mol. The number of aromatic amines is 1. The summed E-state index contributed by atoms with van der Waals surface area (Å²) in [5.74, 6) is 0. The Morgan fingerprint density at radius 1 is 1.18 bits per heavy atom. The van der Waals surface area contributed by atoms with Crippen molar-refractivity contribution in [3.63, 3.8) is 0 Å². The van der Waals surface area contributed by atoms with Crippen molar-refractivity contribution in [1.29, 1.82) is 0 Å². The third-order valence-corrected chi connectivity index (χ3v) is 5.75. The van der Waals surface area contributed by atoms with Crippen LogP contribution in [0.25, 0.3) is 11.0 Å². The molecule has 0 radical (unpaired) electrons. The van der Waals surface area contributed by atoms with Gasteiger partial charge in [-0.1, -0.05) is 6.42 Å². The number of aryl methyl sites for hydroxylation is 1. The van der Waals surface area contributed by atoms with Crippen LogP contribution in [0.5, 0.6) is 0 Å². The fourth-order valence-electron chi connectivity index (χ4n) is 2.61. The van der Waals surface area contributed by atoms with Gasteiger partial charge < -0.3 is 0 Å². The van der Waals surface area contributed by atoms with E-state index in [1.807, 2.05) is 0 Å². The number of rotatable bonds is 2. The van der Waals surface area contributed by atoms with Gasteiger partial charge in [-0.2, -0.15) is 4.31 Å². The molecule has 2 aromatic rings. The predicted octanol–water partition coefficient (Wildman–Crippen LogP) is -0.204. The summed E-state index contributed by atoms with van der Waals surface area (Å²) in [6, 6.07) is 1.28. The molecule has 0 saturated carbocycles. The molecule has 1 saturated heterocycles. The second-order valence-electron chi connectivity index (χ2n) is 5.33. The fraction of sp³-hybridized carbons (Fsp3) is 0.462. The molecule has 2 aromatic heterocycles. The zero-order valence-electron chi connectivity index (χ0n) is 12.1. The Morgan fingerprint density at radius 3 is 2.55 bits per heavy atom. The highest BCUT2D eigenvalue weighted by molar-refractivity contribution is 7.89.